The number of halogens is 3. The van der Waals surface area contributed by atoms with Gasteiger partial charge in [0.05, 0.1) is 4.88 Å². The molecule has 0 aliphatic heterocycles. The molecule has 0 aliphatic carbocycles. The Labute approximate surface area is 109 Å². The van der Waals surface area contributed by atoms with E-state index in [1.807, 2.05) is 0 Å². The Morgan fingerprint density at radius 1 is 1.16 bits per heavy atom. The van der Waals surface area contributed by atoms with E-state index in [1.54, 1.807) is 5.38 Å². The number of phenolic OH excluding ortho intramolecular Hbond substituents is 1. The van der Waals surface area contributed by atoms with Crippen LogP contribution in [0.15, 0.2) is 29.6 Å². The third-order valence-electron chi connectivity index (χ3n) is 2.19. The largest absolute Gasteiger partial charge is 0.573 e. The molecule has 0 aliphatic rings. The lowest BCUT2D eigenvalue weighted by Gasteiger charge is -2.10. The van der Waals surface area contributed by atoms with E-state index in [4.69, 9.17) is 0 Å². The summed E-state index contributed by atoms with van der Waals surface area (Å²) in [5.41, 5.74) is 0.874. The van der Waals surface area contributed by atoms with Crippen molar-refractivity contribution in [2.75, 3.05) is 0 Å². The maximum absolute atomic E-state index is 12.1. The van der Waals surface area contributed by atoms with Gasteiger partial charge in [0, 0.05) is 6.07 Å². The summed E-state index contributed by atoms with van der Waals surface area (Å²) in [7, 11) is 0. The van der Waals surface area contributed by atoms with Crippen molar-refractivity contribution in [3.8, 4) is 22.6 Å². The number of phenols is 1. The second-order valence-corrected chi connectivity index (χ2v) is 4.56. The molecule has 1 heterocycles. The van der Waals surface area contributed by atoms with Crippen molar-refractivity contribution in [3.05, 3.63) is 34.5 Å². The van der Waals surface area contributed by atoms with E-state index in [1.165, 1.54) is 12.1 Å². The topological polar surface area (TPSA) is 46.5 Å². The number of hydrogen-bond acceptors (Lipinski definition) is 4. The monoisotopic (exact) mass is 288 g/mol. The SMILES string of the molecule is O=Cc1cc(-c2cc(O)cc(OC(F)(F)F)c2)cs1. The van der Waals surface area contributed by atoms with Gasteiger partial charge in [-0.2, -0.15) is 0 Å². The van der Waals surface area contributed by atoms with Gasteiger partial charge in [0.1, 0.15) is 11.5 Å². The van der Waals surface area contributed by atoms with Gasteiger partial charge >= 0.3 is 6.36 Å². The average molecular weight is 288 g/mol. The van der Waals surface area contributed by atoms with Crippen LogP contribution in [0.25, 0.3) is 11.1 Å². The molecule has 0 fully saturated rings. The minimum Gasteiger partial charge on any atom is -0.508 e. The van der Waals surface area contributed by atoms with Gasteiger partial charge in [-0.05, 0) is 34.7 Å². The van der Waals surface area contributed by atoms with Gasteiger partial charge in [0.25, 0.3) is 0 Å². The molecule has 0 amide bonds. The Balaban J connectivity index is 2.38. The standard InChI is InChI=1S/C12H7F3O3S/c13-12(14,15)18-10-2-7(1-9(17)4-10)8-3-11(5-16)19-6-8/h1-6,17H. The van der Waals surface area contributed by atoms with E-state index in [-0.39, 0.29) is 5.75 Å². The lowest BCUT2D eigenvalue weighted by Crippen LogP contribution is -2.17. The number of alkyl halides is 3. The van der Waals surface area contributed by atoms with Crippen LogP contribution >= 0.6 is 11.3 Å². The Morgan fingerprint density at radius 2 is 1.89 bits per heavy atom. The van der Waals surface area contributed by atoms with Crippen LogP contribution in [0.3, 0.4) is 0 Å². The molecule has 3 nitrogen and oxygen atoms in total. The molecule has 2 aromatic rings. The van der Waals surface area contributed by atoms with Gasteiger partial charge < -0.3 is 9.84 Å². The summed E-state index contributed by atoms with van der Waals surface area (Å²) in [5, 5.41) is 11.0. The quantitative estimate of drug-likeness (QED) is 0.873. The van der Waals surface area contributed by atoms with Crippen LogP contribution in [0.2, 0.25) is 0 Å². The maximum Gasteiger partial charge on any atom is 0.573 e. The highest BCUT2D eigenvalue weighted by atomic mass is 32.1. The zero-order valence-corrected chi connectivity index (χ0v) is 10.1. The van der Waals surface area contributed by atoms with Gasteiger partial charge in [-0.1, -0.05) is 0 Å². The number of benzene rings is 1. The maximum atomic E-state index is 12.1. The van der Waals surface area contributed by atoms with Gasteiger partial charge in [-0.15, -0.1) is 24.5 Å². The predicted octanol–water partition coefficient (Wildman–Crippen LogP) is 3.83. The van der Waals surface area contributed by atoms with E-state index in [0.717, 1.165) is 23.5 Å². The Morgan fingerprint density at radius 3 is 2.47 bits per heavy atom. The second kappa shape index (κ2) is 4.93. The van der Waals surface area contributed by atoms with Gasteiger partial charge in [0.15, 0.2) is 6.29 Å². The third-order valence-corrected chi connectivity index (χ3v) is 3.05. The number of rotatable bonds is 3. The van der Waals surface area contributed by atoms with Gasteiger partial charge in [0.2, 0.25) is 0 Å². The summed E-state index contributed by atoms with van der Waals surface area (Å²) in [6, 6.07) is 4.82. The zero-order valence-electron chi connectivity index (χ0n) is 9.27. The van der Waals surface area contributed by atoms with E-state index in [9.17, 15) is 23.1 Å². The van der Waals surface area contributed by atoms with Crippen LogP contribution < -0.4 is 4.74 Å². The molecule has 1 aromatic heterocycles. The lowest BCUT2D eigenvalue weighted by atomic mass is 10.1. The number of ether oxygens (including phenoxy) is 1. The molecule has 19 heavy (non-hydrogen) atoms. The van der Waals surface area contributed by atoms with Crippen molar-refractivity contribution < 1.29 is 27.8 Å². The second-order valence-electron chi connectivity index (χ2n) is 3.62. The van der Waals surface area contributed by atoms with Crippen LogP contribution in [0.1, 0.15) is 9.67 Å². The normalized spacial score (nSPS) is 11.3. The van der Waals surface area contributed by atoms with Crippen molar-refractivity contribution in [2.45, 2.75) is 6.36 Å². The minimum absolute atomic E-state index is 0.337. The van der Waals surface area contributed by atoms with Crippen molar-refractivity contribution in [2.24, 2.45) is 0 Å². The highest BCUT2D eigenvalue weighted by molar-refractivity contribution is 7.12. The first-order chi connectivity index (χ1) is 8.87. The summed E-state index contributed by atoms with van der Waals surface area (Å²) >= 11 is 1.16. The van der Waals surface area contributed by atoms with Crippen LogP contribution in [0, 0.1) is 0 Å². The van der Waals surface area contributed by atoms with Crippen molar-refractivity contribution >= 4 is 17.6 Å². The van der Waals surface area contributed by atoms with Crippen molar-refractivity contribution in [1.29, 1.82) is 0 Å². The molecule has 0 saturated heterocycles. The molecule has 7 heteroatoms. The minimum atomic E-state index is -4.83. The smallest absolute Gasteiger partial charge is 0.508 e. The summed E-state index contributed by atoms with van der Waals surface area (Å²) < 4.78 is 40.1. The molecule has 100 valence electrons. The zero-order chi connectivity index (χ0) is 14.0. The number of hydrogen-bond donors (Lipinski definition) is 1. The first-order valence-corrected chi connectivity index (χ1v) is 5.89. The fourth-order valence-electron chi connectivity index (χ4n) is 1.51. The molecule has 2 rings (SSSR count). The molecule has 0 saturated carbocycles. The molecular weight excluding hydrogens is 281 g/mol. The molecule has 0 unspecified atom stereocenters. The Kier molecular flexibility index (Phi) is 3.48. The molecule has 0 bridgehead atoms. The highest BCUT2D eigenvalue weighted by Crippen LogP contribution is 2.33. The molecule has 0 atom stereocenters. The fraction of sp³-hybridized carbons (Fsp3) is 0.0833. The summed E-state index contributed by atoms with van der Waals surface area (Å²) in [4.78, 5) is 11.0. The van der Waals surface area contributed by atoms with Crippen LogP contribution in [-0.4, -0.2) is 17.8 Å². The Hall–Kier alpha value is -2.02. The number of aldehydes is 1. The predicted molar refractivity (Wildman–Crippen MR) is 63.5 cm³/mol. The average Bonchev–Trinajstić information content (AvgIpc) is 2.74. The van der Waals surface area contributed by atoms with E-state index < -0.39 is 12.1 Å². The van der Waals surface area contributed by atoms with Crippen LogP contribution in [-0.2, 0) is 0 Å². The number of aromatic hydroxyl groups is 1. The van der Waals surface area contributed by atoms with E-state index >= 15 is 0 Å². The van der Waals surface area contributed by atoms with Crippen LogP contribution in [0.4, 0.5) is 13.2 Å². The molecule has 1 aromatic carbocycles. The van der Waals surface area contributed by atoms with E-state index in [0.29, 0.717) is 22.3 Å². The first-order valence-electron chi connectivity index (χ1n) is 5.01. The van der Waals surface area contributed by atoms with Crippen molar-refractivity contribution in [3.63, 3.8) is 0 Å². The molecule has 0 radical (unpaired) electrons. The molecule has 1 N–H and O–H groups in total. The van der Waals surface area contributed by atoms with Crippen LogP contribution in [0.5, 0.6) is 11.5 Å². The fourth-order valence-corrected chi connectivity index (χ4v) is 2.23. The number of thiophene rings is 1. The summed E-state index contributed by atoms with van der Waals surface area (Å²) in [5.74, 6) is -0.864. The van der Waals surface area contributed by atoms with E-state index in [2.05, 4.69) is 4.74 Å². The number of carbonyl (C=O) groups excluding carboxylic acids is 1. The summed E-state index contributed by atoms with van der Waals surface area (Å²) in [6.07, 6.45) is -4.18. The van der Waals surface area contributed by atoms with Crippen molar-refractivity contribution in [1.82, 2.24) is 0 Å². The molecule has 0 spiro atoms. The van der Waals surface area contributed by atoms with Gasteiger partial charge in [-0.25, -0.2) is 0 Å². The lowest BCUT2D eigenvalue weighted by molar-refractivity contribution is -0.274. The molecular formula is C12H7F3O3S. The first kappa shape index (κ1) is 13.4. The Bertz CT molecular complexity index is 605. The summed E-state index contributed by atoms with van der Waals surface area (Å²) in [6.45, 7) is 0. The number of carbonyl (C=O) groups is 1. The van der Waals surface area contributed by atoms with Gasteiger partial charge in [-0.3, -0.25) is 4.79 Å². The third kappa shape index (κ3) is 3.47. The highest BCUT2D eigenvalue weighted by Gasteiger charge is 2.31.